The summed E-state index contributed by atoms with van der Waals surface area (Å²) in [5.74, 6) is -3.19. The number of nitrogens with two attached hydrogens (primary N) is 1. The largest absolute Gasteiger partial charge is 0.366 e. The second kappa shape index (κ2) is 7.67. The fourth-order valence-corrected chi connectivity index (χ4v) is 2.98. The molecule has 0 saturated heterocycles. The Bertz CT molecular complexity index is 1310. The fraction of sp³-hybridized carbons (Fsp3) is 0. The van der Waals surface area contributed by atoms with E-state index in [-0.39, 0.29) is 11.3 Å². The van der Waals surface area contributed by atoms with Crippen LogP contribution in [0.4, 0.5) is 8.78 Å². The van der Waals surface area contributed by atoms with Gasteiger partial charge in [0.2, 0.25) is 11.7 Å². The monoisotopic (exact) mass is 404 g/mol. The van der Waals surface area contributed by atoms with Crippen molar-refractivity contribution in [1.29, 1.82) is 0 Å². The standard InChI is InChI=1S/C22H14F2N4O2/c23-17-4-1-12(8-18(17)24)21(30)19-5-2-13(9-26-19)15-7-16-14(3-6-20(25)29)10-27-22(16)28-11-15/h1-11H,(H2,25,29)(H,27,28). The Balaban J connectivity index is 1.64. The van der Waals surface area contributed by atoms with Gasteiger partial charge in [-0.05, 0) is 36.4 Å². The number of aromatic nitrogens is 3. The molecule has 0 radical (unpaired) electrons. The Kier molecular flexibility index (Phi) is 4.89. The van der Waals surface area contributed by atoms with Crippen LogP contribution in [-0.2, 0) is 4.79 Å². The molecule has 0 saturated carbocycles. The number of nitrogens with one attached hydrogen (secondary N) is 1. The van der Waals surface area contributed by atoms with Gasteiger partial charge in [0, 0.05) is 52.3 Å². The number of hydrogen-bond donors (Lipinski definition) is 2. The molecule has 3 heterocycles. The molecule has 0 unspecified atom stereocenters. The van der Waals surface area contributed by atoms with Gasteiger partial charge in [0.1, 0.15) is 11.3 Å². The van der Waals surface area contributed by atoms with Crippen molar-refractivity contribution < 1.29 is 18.4 Å². The lowest BCUT2D eigenvalue weighted by Gasteiger charge is -2.05. The molecule has 0 aliphatic rings. The van der Waals surface area contributed by atoms with E-state index in [0.29, 0.717) is 11.2 Å². The maximum absolute atomic E-state index is 13.4. The first-order valence-electron chi connectivity index (χ1n) is 8.83. The first-order chi connectivity index (χ1) is 14.4. The molecule has 1 aromatic carbocycles. The number of nitrogens with zero attached hydrogens (tertiary/aromatic N) is 2. The smallest absolute Gasteiger partial charge is 0.241 e. The van der Waals surface area contributed by atoms with Gasteiger partial charge in [-0.25, -0.2) is 13.8 Å². The second-order valence-corrected chi connectivity index (χ2v) is 6.49. The number of pyridine rings is 2. The van der Waals surface area contributed by atoms with E-state index in [4.69, 9.17) is 5.73 Å². The predicted octanol–water partition coefficient (Wildman–Crippen LogP) is 3.63. The average molecular weight is 404 g/mol. The Morgan fingerprint density at radius 1 is 0.967 bits per heavy atom. The minimum Gasteiger partial charge on any atom is -0.366 e. The van der Waals surface area contributed by atoms with E-state index < -0.39 is 23.3 Å². The molecule has 148 valence electrons. The number of carbonyl (C=O) groups excluding carboxylic acids is 2. The molecule has 3 N–H and O–H groups in total. The molecular weight excluding hydrogens is 390 g/mol. The summed E-state index contributed by atoms with van der Waals surface area (Å²) in [6, 6.07) is 8.02. The van der Waals surface area contributed by atoms with Crippen LogP contribution in [0.2, 0.25) is 0 Å². The van der Waals surface area contributed by atoms with Crippen LogP contribution in [0.25, 0.3) is 28.2 Å². The van der Waals surface area contributed by atoms with E-state index in [1.165, 1.54) is 24.4 Å². The molecule has 30 heavy (non-hydrogen) atoms. The van der Waals surface area contributed by atoms with Crippen LogP contribution in [0.15, 0.2) is 61.1 Å². The van der Waals surface area contributed by atoms with Crippen LogP contribution < -0.4 is 5.73 Å². The van der Waals surface area contributed by atoms with Gasteiger partial charge in [-0.3, -0.25) is 14.6 Å². The lowest BCUT2D eigenvalue weighted by molar-refractivity contribution is -0.113. The third kappa shape index (κ3) is 3.70. The fourth-order valence-electron chi connectivity index (χ4n) is 2.98. The summed E-state index contributed by atoms with van der Waals surface area (Å²) in [6.07, 6.45) is 7.71. The van der Waals surface area contributed by atoms with Gasteiger partial charge in [-0.1, -0.05) is 6.07 Å². The normalized spacial score (nSPS) is 11.3. The summed E-state index contributed by atoms with van der Waals surface area (Å²) in [7, 11) is 0. The van der Waals surface area contributed by atoms with E-state index in [0.717, 1.165) is 28.6 Å². The molecule has 4 aromatic rings. The molecule has 3 aromatic heterocycles. The summed E-state index contributed by atoms with van der Waals surface area (Å²) >= 11 is 0. The summed E-state index contributed by atoms with van der Waals surface area (Å²) < 4.78 is 26.5. The molecule has 0 aliphatic carbocycles. The molecule has 0 bridgehead atoms. The first kappa shape index (κ1) is 19.1. The number of rotatable bonds is 5. The van der Waals surface area contributed by atoms with Crippen molar-refractivity contribution in [2.45, 2.75) is 0 Å². The van der Waals surface area contributed by atoms with E-state index in [2.05, 4.69) is 15.0 Å². The van der Waals surface area contributed by atoms with E-state index in [1.807, 2.05) is 6.07 Å². The Labute approximate surface area is 169 Å². The molecule has 0 spiro atoms. The topological polar surface area (TPSA) is 102 Å². The van der Waals surface area contributed by atoms with Gasteiger partial charge in [0.25, 0.3) is 0 Å². The van der Waals surface area contributed by atoms with Crippen LogP contribution in [0, 0.1) is 11.6 Å². The zero-order valence-corrected chi connectivity index (χ0v) is 15.4. The second-order valence-electron chi connectivity index (χ2n) is 6.49. The summed E-state index contributed by atoms with van der Waals surface area (Å²) in [6.45, 7) is 0. The number of hydrogen-bond acceptors (Lipinski definition) is 4. The van der Waals surface area contributed by atoms with Crippen molar-refractivity contribution in [3.05, 3.63) is 89.5 Å². The number of ketones is 1. The maximum atomic E-state index is 13.4. The van der Waals surface area contributed by atoms with Crippen molar-refractivity contribution in [3.63, 3.8) is 0 Å². The Morgan fingerprint density at radius 3 is 2.47 bits per heavy atom. The van der Waals surface area contributed by atoms with Crippen molar-refractivity contribution in [3.8, 4) is 11.1 Å². The molecule has 6 nitrogen and oxygen atoms in total. The molecule has 1 amide bonds. The van der Waals surface area contributed by atoms with Gasteiger partial charge in [0.15, 0.2) is 11.6 Å². The Hall–Kier alpha value is -4.20. The SMILES string of the molecule is NC(=O)C=Cc1c[nH]c2ncc(-c3ccc(C(=O)c4ccc(F)c(F)c4)nc3)cc12. The Morgan fingerprint density at radius 2 is 1.77 bits per heavy atom. The van der Waals surface area contributed by atoms with Crippen molar-refractivity contribution in [1.82, 2.24) is 15.0 Å². The summed E-state index contributed by atoms with van der Waals surface area (Å²) in [4.78, 5) is 35.0. The number of primary amides is 1. The van der Waals surface area contributed by atoms with E-state index in [1.54, 1.807) is 24.5 Å². The van der Waals surface area contributed by atoms with Crippen LogP contribution in [-0.4, -0.2) is 26.6 Å². The van der Waals surface area contributed by atoms with Crippen molar-refractivity contribution in [2.75, 3.05) is 0 Å². The minimum atomic E-state index is -1.09. The molecular formula is C22H14F2N4O2. The van der Waals surface area contributed by atoms with Crippen LogP contribution in [0.5, 0.6) is 0 Å². The van der Waals surface area contributed by atoms with Crippen LogP contribution in [0.3, 0.4) is 0 Å². The molecule has 4 rings (SSSR count). The highest BCUT2D eigenvalue weighted by Gasteiger charge is 2.14. The molecule has 0 atom stereocenters. The van der Waals surface area contributed by atoms with Crippen molar-refractivity contribution >= 4 is 28.8 Å². The van der Waals surface area contributed by atoms with Gasteiger partial charge < -0.3 is 10.7 Å². The molecule has 8 heteroatoms. The summed E-state index contributed by atoms with van der Waals surface area (Å²) in [5, 5.41) is 0.784. The zero-order chi connectivity index (χ0) is 21.3. The summed E-state index contributed by atoms with van der Waals surface area (Å²) in [5.41, 5.74) is 8.09. The quantitative estimate of drug-likeness (QED) is 0.392. The lowest BCUT2D eigenvalue weighted by atomic mass is 10.0. The van der Waals surface area contributed by atoms with Crippen LogP contribution in [0.1, 0.15) is 21.6 Å². The number of carbonyl (C=O) groups is 2. The number of fused-ring (bicyclic) bond motifs is 1. The number of halogens is 2. The number of H-pyrrole nitrogens is 1. The number of benzene rings is 1. The van der Waals surface area contributed by atoms with Gasteiger partial charge in [-0.15, -0.1) is 0 Å². The third-order valence-corrected chi connectivity index (χ3v) is 4.50. The lowest BCUT2D eigenvalue weighted by Crippen LogP contribution is -2.05. The highest BCUT2D eigenvalue weighted by molar-refractivity contribution is 6.07. The molecule has 0 aliphatic heterocycles. The number of amides is 1. The maximum Gasteiger partial charge on any atom is 0.241 e. The predicted molar refractivity (Wildman–Crippen MR) is 107 cm³/mol. The minimum absolute atomic E-state index is 0.00967. The highest BCUT2D eigenvalue weighted by Crippen LogP contribution is 2.25. The van der Waals surface area contributed by atoms with Gasteiger partial charge in [0.05, 0.1) is 0 Å². The first-order valence-corrected chi connectivity index (χ1v) is 8.83. The van der Waals surface area contributed by atoms with Crippen LogP contribution >= 0.6 is 0 Å². The van der Waals surface area contributed by atoms with Gasteiger partial charge in [-0.2, -0.15) is 0 Å². The van der Waals surface area contributed by atoms with Crippen molar-refractivity contribution in [2.24, 2.45) is 5.73 Å². The van der Waals surface area contributed by atoms with E-state index >= 15 is 0 Å². The highest BCUT2D eigenvalue weighted by atomic mass is 19.2. The average Bonchev–Trinajstić information content (AvgIpc) is 3.16. The zero-order valence-electron chi connectivity index (χ0n) is 15.4. The number of aromatic amines is 1. The third-order valence-electron chi connectivity index (χ3n) is 4.50. The van der Waals surface area contributed by atoms with E-state index in [9.17, 15) is 18.4 Å². The van der Waals surface area contributed by atoms with Gasteiger partial charge >= 0.3 is 0 Å². The molecule has 0 fully saturated rings.